The second-order valence-electron chi connectivity index (χ2n) is 9.00. The number of aromatic nitrogens is 3. The molecule has 2 saturated heterocycles. The van der Waals surface area contributed by atoms with E-state index in [0.717, 1.165) is 4.88 Å². The molecule has 2 aliphatic heterocycles. The molecular formula is C24H26ClN5O6S2. The molecule has 2 unspecified atom stereocenters. The molecule has 0 aromatic carbocycles. The van der Waals surface area contributed by atoms with E-state index < -0.39 is 23.8 Å². The van der Waals surface area contributed by atoms with E-state index in [0.29, 0.717) is 65.8 Å². The molecule has 5 rings (SSSR count). The molecule has 0 spiro atoms. The van der Waals surface area contributed by atoms with Gasteiger partial charge >= 0.3 is 5.97 Å². The molecule has 0 aliphatic carbocycles. The highest BCUT2D eigenvalue weighted by atomic mass is 35.5. The lowest BCUT2D eigenvalue weighted by atomic mass is 10.00. The number of rotatable bonds is 8. The minimum Gasteiger partial charge on any atom is -0.480 e. The van der Waals surface area contributed by atoms with Crippen LogP contribution in [0.4, 0.5) is 0 Å². The van der Waals surface area contributed by atoms with Crippen LogP contribution in [0.3, 0.4) is 0 Å². The first-order valence-corrected chi connectivity index (χ1v) is 14.2. The van der Waals surface area contributed by atoms with Crippen LogP contribution in [-0.2, 0) is 20.1 Å². The summed E-state index contributed by atoms with van der Waals surface area (Å²) in [6.07, 6.45) is 1.88. The number of thiophene rings is 1. The number of thioether (sulfide) groups is 1. The van der Waals surface area contributed by atoms with Crippen LogP contribution in [0.15, 0.2) is 34.0 Å². The summed E-state index contributed by atoms with van der Waals surface area (Å²) in [5.74, 6) is -0.954. The monoisotopic (exact) mass is 579 g/mol. The van der Waals surface area contributed by atoms with Gasteiger partial charge in [-0.3, -0.25) is 19.3 Å². The first-order chi connectivity index (χ1) is 18.3. The molecule has 1 amide bonds. The van der Waals surface area contributed by atoms with Crippen molar-refractivity contribution in [2.45, 2.75) is 36.2 Å². The van der Waals surface area contributed by atoms with Crippen LogP contribution in [0.2, 0.25) is 4.34 Å². The lowest BCUT2D eigenvalue weighted by Gasteiger charge is -2.30. The zero-order valence-electron chi connectivity index (χ0n) is 20.5. The van der Waals surface area contributed by atoms with Crippen molar-refractivity contribution in [3.63, 3.8) is 0 Å². The number of amides is 1. The van der Waals surface area contributed by atoms with Gasteiger partial charge in [0.05, 0.1) is 35.9 Å². The SMILES string of the molecule is Cc1occc1C(=O)n1nc(C2CCN(CC(=O)N3CCOCC3)C2C(=O)O)nc1SCc1ccc(Cl)s1. The van der Waals surface area contributed by atoms with Gasteiger partial charge in [0.15, 0.2) is 11.0 Å². The summed E-state index contributed by atoms with van der Waals surface area (Å²) in [6.45, 7) is 4.00. The third-order valence-electron chi connectivity index (χ3n) is 6.64. The number of carbonyl (C=O) groups is 3. The highest BCUT2D eigenvalue weighted by Crippen LogP contribution is 2.35. The summed E-state index contributed by atoms with van der Waals surface area (Å²) in [5, 5.41) is 15.0. The molecule has 0 bridgehead atoms. The number of carboxylic acids is 1. The van der Waals surface area contributed by atoms with Crippen LogP contribution in [0.5, 0.6) is 0 Å². The summed E-state index contributed by atoms with van der Waals surface area (Å²) in [5.41, 5.74) is 0.349. The number of carbonyl (C=O) groups excluding carboxylic acids is 2. The fraction of sp³-hybridized carbons (Fsp3) is 0.458. The third kappa shape index (κ3) is 5.66. The number of likely N-dealkylation sites (tertiary alicyclic amines) is 1. The van der Waals surface area contributed by atoms with Crippen LogP contribution < -0.4 is 0 Å². The van der Waals surface area contributed by atoms with Crippen molar-refractivity contribution < 1.29 is 28.6 Å². The van der Waals surface area contributed by atoms with Crippen LogP contribution in [0.25, 0.3) is 0 Å². The van der Waals surface area contributed by atoms with Gasteiger partial charge in [-0.15, -0.1) is 16.4 Å². The molecule has 0 radical (unpaired) electrons. The minimum atomic E-state index is -1.06. The van der Waals surface area contributed by atoms with Gasteiger partial charge in [-0.2, -0.15) is 4.68 Å². The van der Waals surface area contributed by atoms with Gasteiger partial charge in [-0.25, -0.2) is 4.98 Å². The Morgan fingerprint density at radius 2 is 2.00 bits per heavy atom. The summed E-state index contributed by atoms with van der Waals surface area (Å²) >= 11 is 8.82. The number of halogens is 1. The highest BCUT2D eigenvalue weighted by Gasteiger charge is 2.44. The number of furan rings is 1. The summed E-state index contributed by atoms with van der Waals surface area (Å²) in [7, 11) is 0. The quantitative estimate of drug-likeness (QED) is 0.397. The molecule has 1 N–H and O–H groups in total. The average Bonchev–Trinajstić information content (AvgIpc) is 3.69. The molecule has 11 nitrogen and oxygen atoms in total. The average molecular weight is 580 g/mol. The molecule has 3 aromatic rings. The Balaban J connectivity index is 1.40. The van der Waals surface area contributed by atoms with Crippen molar-refractivity contribution in [3.05, 3.63) is 50.8 Å². The van der Waals surface area contributed by atoms with E-state index >= 15 is 0 Å². The molecule has 202 valence electrons. The Morgan fingerprint density at radius 1 is 1.21 bits per heavy atom. The number of nitrogens with zero attached hydrogens (tertiary/aromatic N) is 5. The first kappa shape index (κ1) is 26.9. The van der Waals surface area contributed by atoms with Crippen LogP contribution in [-0.4, -0.2) is 92.9 Å². The van der Waals surface area contributed by atoms with Crippen molar-refractivity contribution in [3.8, 4) is 0 Å². The molecule has 0 saturated carbocycles. The van der Waals surface area contributed by atoms with Crippen LogP contribution in [0.1, 0.15) is 39.2 Å². The molecule has 14 heteroatoms. The molecule has 38 heavy (non-hydrogen) atoms. The van der Waals surface area contributed by atoms with E-state index in [9.17, 15) is 19.5 Å². The Hall–Kier alpha value is -2.71. The standard InChI is InChI=1S/C24H26ClN5O6S2/c1-14-16(5-9-36-14)22(32)30-24(37-13-15-2-3-18(25)38-15)26-21(27-30)17-4-6-29(20(17)23(33)34)12-19(31)28-7-10-35-11-8-28/h2-3,5,9,17,20H,4,6-8,10-13H2,1H3,(H,33,34). The third-order valence-corrected chi connectivity index (χ3v) is 9.03. The van der Waals surface area contributed by atoms with Gasteiger partial charge in [0.1, 0.15) is 11.8 Å². The number of aryl methyl sites for hydroxylation is 1. The lowest BCUT2D eigenvalue weighted by molar-refractivity contribution is -0.144. The Labute approximate surface area is 231 Å². The van der Waals surface area contributed by atoms with E-state index in [4.69, 9.17) is 20.8 Å². The molecule has 2 fully saturated rings. The maximum atomic E-state index is 13.4. The lowest BCUT2D eigenvalue weighted by Crippen LogP contribution is -2.48. The smallest absolute Gasteiger partial charge is 0.321 e. The normalized spacial score (nSPS) is 20.2. The van der Waals surface area contributed by atoms with Crippen LogP contribution >= 0.6 is 34.7 Å². The van der Waals surface area contributed by atoms with Crippen molar-refractivity contribution in [2.75, 3.05) is 39.4 Å². The number of carboxylic acid groups (broad SMARTS) is 1. The van der Waals surface area contributed by atoms with Gasteiger partial charge in [-0.1, -0.05) is 23.4 Å². The molecular weight excluding hydrogens is 554 g/mol. The van der Waals surface area contributed by atoms with Crippen molar-refractivity contribution in [1.82, 2.24) is 24.6 Å². The van der Waals surface area contributed by atoms with Gasteiger partial charge < -0.3 is 19.2 Å². The number of hydrogen-bond acceptors (Lipinski definition) is 10. The summed E-state index contributed by atoms with van der Waals surface area (Å²) in [6, 6.07) is 4.29. The fourth-order valence-electron chi connectivity index (χ4n) is 4.70. The first-order valence-electron chi connectivity index (χ1n) is 12.1. The van der Waals surface area contributed by atoms with Gasteiger partial charge in [-0.05, 0) is 31.5 Å². The van der Waals surface area contributed by atoms with E-state index in [1.807, 2.05) is 6.07 Å². The summed E-state index contributed by atoms with van der Waals surface area (Å²) < 4.78 is 12.5. The highest BCUT2D eigenvalue weighted by molar-refractivity contribution is 7.98. The van der Waals surface area contributed by atoms with Gasteiger partial charge in [0.25, 0.3) is 5.91 Å². The molecule has 5 heterocycles. The summed E-state index contributed by atoms with van der Waals surface area (Å²) in [4.78, 5) is 47.6. The van der Waals surface area contributed by atoms with Crippen molar-refractivity contribution in [1.29, 1.82) is 0 Å². The fourth-order valence-corrected chi connectivity index (χ4v) is 6.77. The second-order valence-corrected chi connectivity index (χ2v) is 11.7. The van der Waals surface area contributed by atoms with E-state index in [1.54, 1.807) is 28.9 Å². The Bertz CT molecular complexity index is 1330. The number of aliphatic carboxylic acids is 1. The topological polar surface area (TPSA) is 131 Å². The molecule has 3 aromatic heterocycles. The van der Waals surface area contributed by atoms with Gasteiger partial charge in [0.2, 0.25) is 5.91 Å². The maximum Gasteiger partial charge on any atom is 0.321 e. The zero-order valence-corrected chi connectivity index (χ0v) is 22.9. The minimum absolute atomic E-state index is 0.0118. The largest absolute Gasteiger partial charge is 0.480 e. The maximum absolute atomic E-state index is 13.4. The van der Waals surface area contributed by atoms with Crippen LogP contribution in [0, 0.1) is 6.92 Å². The number of ether oxygens (including phenoxy) is 1. The predicted octanol–water partition coefficient (Wildman–Crippen LogP) is 2.98. The van der Waals surface area contributed by atoms with Gasteiger partial charge in [0, 0.05) is 36.2 Å². The number of morpholine rings is 1. The Morgan fingerprint density at radius 3 is 2.66 bits per heavy atom. The van der Waals surface area contributed by atoms with Crippen molar-refractivity contribution >= 4 is 52.5 Å². The Kier molecular flexibility index (Phi) is 8.19. The van der Waals surface area contributed by atoms with E-state index in [1.165, 1.54) is 34.0 Å². The van der Waals surface area contributed by atoms with Crippen molar-refractivity contribution in [2.24, 2.45) is 0 Å². The zero-order chi connectivity index (χ0) is 26.8. The second kappa shape index (κ2) is 11.6. The molecule has 2 atom stereocenters. The number of hydrogen-bond donors (Lipinski definition) is 1. The predicted molar refractivity (Wildman–Crippen MR) is 140 cm³/mol. The van der Waals surface area contributed by atoms with E-state index in [2.05, 4.69) is 10.1 Å². The molecule has 2 aliphatic rings. The van der Waals surface area contributed by atoms with E-state index in [-0.39, 0.29) is 18.3 Å².